The van der Waals surface area contributed by atoms with E-state index in [1.807, 2.05) is 0 Å². The van der Waals surface area contributed by atoms with Crippen molar-refractivity contribution < 1.29 is 18.6 Å². The molecule has 0 saturated carbocycles. The van der Waals surface area contributed by atoms with Gasteiger partial charge in [-0.05, 0) is 37.0 Å². The summed E-state index contributed by atoms with van der Waals surface area (Å²) < 4.78 is 29.7. The van der Waals surface area contributed by atoms with Crippen molar-refractivity contribution in [3.8, 4) is 0 Å². The van der Waals surface area contributed by atoms with Crippen LogP contribution in [0.1, 0.15) is 30.9 Å². The summed E-state index contributed by atoms with van der Waals surface area (Å²) in [5, 5.41) is 6.48. The van der Waals surface area contributed by atoms with E-state index < -0.39 is 0 Å². The Kier molecular flexibility index (Phi) is 12.6. The molecule has 2 unspecified atom stereocenters. The normalized spacial score (nSPS) is 18.0. The Morgan fingerprint density at radius 3 is 2.74 bits per heavy atom. The van der Waals surface area contributed by atoms with Crippen molar-refractivity contribution in [3.05, 3.63) is 35.6 Å². The van der Waals surface area contributed by atoms with Gasteiger partial charge in [-0.1, -0.05) is 12.1 Å². The van der Waals surface area contributed by atoms with Crippen molar-refractivity contribution >= 4 is 29.9 Å². The fourth-order valence-electron chi connectivity index (χ4n) is 2.80. The minimum Gasteiger partial charge on any atom is -0.379 e. The molecule has 1 aliphatic rings. The maximum Gasteiger partial charge on any atom is 0.191 e. The Balaban J connectivity index is 0.00000364. The Morgan fingerprint density at radius 1 is 1.33 bits per heavy atom. The monoisotopic (exact) mass is 495 g/mol. The molecule has 0 radical (unpaired) electrons. The van der Waals surface area contributed by atoms with Gasteiger partial charge in [-0.15, -0.1) is 24.0 Å². The number of ether oxygens (including phenoxy) is 3. The molecule has 2 atom stereocenters. The Bertz CT molecular complexity index is 540. The maximum absolute atomic E-state index is 13.0. The molecule has 1 aromatic rings. The third-order valence-corrected chi connectivity index (χ3v) is 4.29. The summed E-state index contributed by atoms with van der Waals surface area (Å²) in [6, 6.07) is 6.33. The standard InChI is InChI=1S/C19H30FN3O3.HI/c1-21-19(22-10-4-11-25-14-17-5-3-12-26-17)23-13-18(24-2)15-6-8-16(20)9-7-15;/h6-9,17-18H,3-5,10-14H2,1-2H3,(H2,21,22,23);1H. The zero-order valence-corrected chi connectivity index (χ0v) is 18.4. The molecule has 0 aromatic heterocycles. The fraction of sp³-hybridized carbons (Fsp3) is 0.632. The van der Waals surface area contributed by atoms with Crippen LogP contribution in [-0.2, 0) is 14.2 Å². The van der Waals surface area contributed by atoms with Gasteiger partial charge in [-0.25, -0.2) is 4.39 Å². The zero-order valence-electron chi connectivity index (χ0n) is 16.1. The predicted octanol–water partition coefficient (Wildman–Crippen LogP) is 2.88. The number of benzene rings is 1. The highest BCUT2D eigenvalue weighted by Gasteiger charge is 2.15. The molecule has 0 aliphatic carbocycles. The highest BCUT2D eigenvalue weighted by atomic mass is 127. The number of aliphatic imine (C=N–C) groups is 1. The first-order valence-electron chi connectivity index (χ1n) is 9.15. The topological polar surface area (TPSA) is 64.1 Å². The number of nitrogens with zero attached hydrogens (tertiary/aromatic N) is 1. The minimum absolute atomic E-state index is 0. The van der Waals surface area contributed by atoms with E-state index in [1.165, 1.54) is 12.1 Å². The maximum atomic E-state index is 13.0. The molecule has 2 rings (SSSR count). The zero-order chi connectivity index (χ0) is 18.6. The van der Waals surface area contributed by atoms with Crippen LogP contribution in [0.2, 0.25) is 0 Å². The summed E-state index contributed by atoms with van der Waals surface area (Å²) in [7, 11) is 3.36. The summed E-state index contributed by atoms with van der Waals surface area (Å²) in [5.41, 5.74) is 0.916. The van der Waals surface area contributed by atoms with Gasteiger partial charge >= 0.3 is 0 Å². The first kappa shape index (κ1) is 24.1. The Morgan fingerprint density at radius 2 is 2.11 bits per heavy atom. The van der Waals surface area contributed by atoms with E-state index in [9.17, 15) is 4.39 Å². The van der Waals surface area contributed by atoms with Crippen molar-refractivity contribution in [2.24, 2.45) is 4.99 Å². The van der Waals surface area contributed by atoms with Crippen LogP contribution in [0.4, 0.5) is 4.39 Å². The number of methoxy groups -OCH3 is 1. The molecule has 154 valence electrons. The largest absolute Gasteiger partial charge is 0.379 e. The summed E-state index contributed by atoms with van der Waals surface area (Å²) in [4.78, 5) is 4.20. The van der Waals surface area contributed by atoms with Crippen molar-refractivity contribution in [3.63, 3.8) is 0 Å². The van der Waals surface area contributed by atoms with Crippen LogP contribution in [0.15, 0.2) is 29.3 Å². The number of rotatable bonds is 10. The molecule has 1 heterocycles. The fourth-order valence-corrected chi connectivity index (χ4v) is 2.80. The van der Waals surface area contributed by atoms with Gasteiger partial charge in [0.05, 0.1) is 18.8 Å². The first-order valence-corrected chi connectivity index (χ1v) is 9.15. The summed E-state index contributed by atoms with van der Waals surface area (Å²) in [6.45, 7) is 3.54. The second-order valence-corrected chi connectivity index (χ2v) is 6.22. The molecule has 1 aliphatic heterocycles. The van der Waals surface area contributed by atoms with E-state index in [0.717, 1.165) is 38.0 Å². The van der Waals surface area contributed by atoms with E-state index in [-0.39, 0.29) is 42.0 Å². The van der Waals surface area contributed by atoms with Crippen LogP contribution < -0.4 is 10.6 Å². The lowest BCUT2D eigenvalue weighted by atomic mass is 10.1. The van der Waals surface area contributed by atoms with Crippen LogP contribution in [-0.4, -0.2) is 59.1 Å². The number of halogens is 2. The molecular formula is C19H31FIN3O3. The van der Waals surface area contributed by atoms with Crippen LogP contribution in [0.5, 0.6) is 0 Å². The van der Waals surface area contributed by atoms with Gasteiger partial charge < -0.3 is 24.8 Å². The minimum atomic E-state index is -0.254. The van der Waals surface area contributed by atoms with Crippen LogP contribution in [0.3, 0.4) is 0 Å². The van der Waals surface area contributed by atoms with Gasteiger partial charge in [0.25, 0.3) is 0 Å². The molecular weight excluding hydrogens is 464 g/mol. The van der Waals surface area contributed by atoms with E-state index >= 15 is 0 Å². The Hall–Kier alpha value is -0.970. The summed E-state index contributed by atoms with van der Waals surface area (Å²) >= 11 is 0. The Labute approximate surface area is 178 Å². The van der Waals surface area contributed by atoms with Gasteiger partial charge in [-0.3, -0.25) is 4.99 Å². The number of nitrogens with one attached hydrogen (secondary N) is 2. The SMILES string of the molecule is CN=C(NCCCOCC1CCCO1)NCC(OC)c1ccc(F)cc1.I. The predicted molar refractivity (Wildman–Crippen MR) is 115 cm³/mol. The van der Waals surface area contributed by atoms with Crippen LogP contribution in [0.25, 0.3) is 0 Å². The van der Waals surface area contributed by atoms with Gasteiger partial charge in [0.2, 0.25) is 0 Å². The van der Waals surface area contributed by atoms with Gasteiger partial charge in [-0.2, -0.15) is 0 Å². The van der Waals surface area contributed by atoms with Crippen molar-refractivity contribution in [1.82, 2.24) is 10.6 Å². The number of hydrogen-bond donors (Lipinski definition) is 2. The molecule has 0 spiro atoms. The number of hydrogen-bond acceptors (Lipinski definition) is 4. The molecule has 1 fully saturated rings. The molecule has 1 aromatic carbocycles. The average molecular weight is 495 g/mol. The van der Waals surface area contributed by atoms with Crippen molar-refractivity contribution in [2.75, 3.05) is 47.1 Å². The lowest BCUT2D eigenvalue weighted by molar-refractivity contribution is 0.0168. The highest BCUT2D eigenvalue weighted by molar-refractivity contribution is 14.0. The third-order valence-electron chi connectivity index (χ3n) is 4.29. The lowest BCUT2D eigenvalue weighted by Gasteiger charge is -2.19. The average Bonchev–Trinajstić information content (AvgIpc) is 3.18. The smallest absolute Gasteiger partial charge is 0.191 e. The molecule has 8 heteroatoms. The molecule has 6 nitrogen and oxygen atoms in total. The molecule has 0 bridgehead atoms. The van der Waals surface area contributed by atoms with E-state index in [1.54, 1.807) is 26.3 Å². The van der Waals surface area contributed by atoms with E-state index in [0.29, 0.717) is 25.7 Å². The van der Waals surface area contributed by atoms with Gasteiger partial charge in [0, 0.05) is 40.5 Å². The second kappa shape index (κ2) is 14.1. The van der Waals surface area contributed by atoms with Crippen molar-refractivity contribution in [2.45, 2.75) is 31.5 Å². The van der Waals surface area contributed by atoms with E-state index in [4.69, 9.17) is 14.2 Å². The third kappa shape index (κ3) is 9.18. The van der Waals surface area contributed by atoms with Gasteiger partial charge in [0.1, 0.15) is 5.82 Å². The molecule has 2 N–H and O–H groups in total. The highest BCUT2D eigenvalue weighted by Crippen LogP contribution is 2.16. The summed E-state index contributed by atoms with van der Waals surface area (Å²) in [6.07, 6.45) is 3.22. The second-order valence-electron chi connectivity index (χ2n) is 6.22. The van der Waals surface area contributed by atoms with Crippen molar-refractivity contribution in [1.29, 1.82) is 0 Å². The summed E-state index contributed by atoms with van der Waals surface area (Å²) in [5.74, 6) is 0.448. The molecule has 0 amide bonds. The number of guanidine groups is 1. The molecule has 1 saturated heterocycles. The molecule has 27 heavy (non-hydrogen) atoms. The van der Waals surface area contributed by atoms with E-state index in [2.05, 4.69) is 15.6 Å². The lowest BCUT2D eigenvalue weighted by Crippen LogP contribution is -2.40. The van der Waals surface area contributed by atoms with Gasteiger partial charge in [0.15, 0.2) is 5.96 Å². The van der Waals surface area contributed by atoms with Crippen LogP contribution >= 0.6 is 24.0 Å². The first-order chi connectivity index (χ1) is 12.7. The van der Waals surface area contributed by atoms with Crippen LogP contribution in [0, 0.1) is 5.82 Å². The quantitative estimate of drug-likeness (QED) is 0.226.